The van der Waals surface area contributed by atoms with Crippen LogP contribution in [0.25, 0.3) is 5.69 Å². The van der Waals surface area contributed by atoms with Crippen LogP contribution in [0.15, 0.2) is 30.3 Å². The molecule has 2 heterocycles. The van der Waals surface area contributed by atoms with Crippen molar-refractivity contribution in [2.75, 3.05) is 13.7 Å². The van der Waals surface area contributed by atoms with Gasteiger partial charge in [0.25, 0.3) is 5.72 Å². The van der Waals surface area contributed by atoms with Crippen molar-refractivity contribution in [3.05, 3.63) is 35.1 Å². The molecule has 0 amide bonds. The van der Waals surface area contributed by atoms with Gasteiger partial charge in [-0.05, 0) is 34.8 Å². The molecule has 0 radical (unpaired) electrons. The number of hydrogen-bond acceptors (Lipinski definition) is 16. The molecule has 45 heavy (non-hydrogen) atoms. The van der Waals surface area contributed by atoms with E-state index in [9.17, 15) is 28.8 Å². The maximum absolute atomic E-state index is 13.7. The summed E-state index contributed by atoms with van der Waals surface area (Å²) in [5.41, 5.74) is -1.94. The monoisotopic (exact) mass is 652 g/mol. The van der Waals surface area contributed by atoms with E-state index < -0.39 is 85.1 Å². The molecule has 2 aromatic rings. The SMILES string of the molecule is COC(=O)[C@]1(n2nnn(-c3ccccc3)c2=S)C[C@H](OC(C)=O)[C@@H](OC(C)=O)[C@H]([C@@H](OC(C)=O)[C@@H](COC(C)=O)OC(C)=O)O1. The Labute approximate surface area is 261 Å². The van der Waals surface area contributed by atoms with Crippen molar-refractivity contribution < 1.29 is 61.9 Å². The first-order valence-corrected chi connectivity index (χ1v) is 13.8. The van der Waals surface area contributed by atoms with Crippen LogP contribution >= 0.6 is 12.2 Å². The van der Waals surface area contributed by atoms with Crippen LogP contribution in [0.1, 0.15) is 41.0 Å². The number of benzene rings is 1. The smallest absolute Gasteiger partial charge is 0.361 e. The van der Waals surface area contributed by atoms with Crippen molar-refractivity contribution in [1.29, 1.82) is 0 Å². The summed E-state index contributed by atoms with van der Waals surface area (Å²) in [4.78, 5) is 74.5. The van der Waals surface area contributed by atoms with Crippen LogP contribution in [0.3, 0.4) is 0 Å². The molecule has 0 N–H and O–H groups in total. The van der Waals surface area contributed by atoms with Gasteiger partial charge >= 0.3 is 35.8 Å². The van der Waals surface area contributed by atoms with Crippen molar-refractivity contribution in [2.24, 2.45) is 0 Å². The summed E-state index contributed by atoms with van der Waals surface area (Å²) in [6.45, 7) is 4.60. The van der Waals surface area contributed by atoms with Crippen molar-refractivity contribution in [2.45, 2.75) is 77.3 Å². The minimum atomic E-state index is -2.40. The van der Waals surface area contributed by atoms with E-state index in [1.165, 1.54) is 4.68 Å². The Hall–Kier alpha value is -4.71. The second-order valence-corrected chi connectivity index (χ2v) is 10.1. The summed E-state index contributed by atoms with van der Waals surface area (Å²) in [5, 5.41) is 8.10. The molecule has 0 bridgehead atoms. The Balaban J connectivity index is 2.32. The van der Waals surface area contributed by atoms with Gasteiger partial charge < -0.3 is 33.2 Å². The lowest BCUT2D eigenvalue weighted by Crippen LogP contribution is -2.66. The summed E-state index contributed by atoms with van der Waals surface area (Å²) < 4.78 is 40.2. The number of hydrogen-bond donors (Lipinski definition) is 0. The third-order valence-electron chi connectivity index (χ3n) is 6.31. The van der Waals surface area contributed by atoms with E-state index in [0.29, 0.717) is 5.69 Å². The molecule has 6 atom stereocenters. The van der Waals surface area contributed by atoms with Gasteiger partial charge in [-0.2, -0.15) is 9.36 Å². The molecule has 0 unspecified atom stereocenters. The summed E-state index contributed by atoms with van der Waals surface area (Å²) in [5.74, 6) is -5.45. The number of rotatable bonds is 11. The van der Waals surface area contributed by atoms with Crippen LogP contribution < -0.4 is 0 Å². The highest BCUT2D eigenvalue weighted by atomic mass is 32.1. The summed E-state index contributed by atoms with van der Waals surface area (Å²) in [6.07, 6.45) is -8.81. The van der Waals surface area contributed by atoms with Crippen LogP contribution in [0, 0.1) is 4.77 Å². The van der Waals surface area contributed by atoms with Crippen molar-refractivity contribution in [3.63, 3.8) is 0 Å². The molecule has 3 rings (SSSR count). The lowest BCUT2D eigenvalue weighted by molar-refractivity contribution is -0.289. The zero-order valence-electron chi connectivity index (χ0n) is 25.2. The number of carbonyl (C=O) groups is 6. The Bertz CT molecular complexity index is 1490. The van der Waals surface area contributed by atoms with Crippen LogP contribution in [-0.4, -0.2) is 99.8 Å². The number of para-hydroxylation sites is 1. The predicted octanol–water partition coefficient (Wildman–Crippen LogP) is 0.703. The molecule has 0 spiro atoms. The van der Waals surface area contributed by atoms with Crippen LogP contribution in [0.4, 0.5) is 0 Å². The van der Waals surface area contributed by atoms with Crippen LogP contribution in [0.5, 0.6) is 0 Å². The van der Waals surface area contributed by atoms with Gasteiger partial charge in [0.2, 0.25) is 4.77 Å². The molecule has 1 aromatic carbocycles. The Morgan fingerprint density at radius 3 is 2.07 bits per heavy atom. The fourth-order valence-corrected chi connectivity index (χ4v) is 5.05. The molecule has 0 aliphatic carbocycles. The topological polar surface area (TPSA) is 203 Å². The highest BCUT2D eigenvalue weighted by Crippen LogP contribution is 2.40. The van der Waals surface area contributed by atoms with Gasteiger partial charge in [-0.15, -0.1) is 0 Å². The van der Waals surface area contributed by atoms with Crippen molar-refractivity contribution in [1.82, 2.24) is 19.8 Å². The van der Waals surface area contributed by atoms with E-state index in [1.807, 2.05) is 0 Å². The highest BCUT2D eigenvalue weighted by molar-refractivity contribution is 7.71. The molecule has 0 saturated carbocycles. The summed E-state index contributed by atoms with van der Waals surface area (Å²) in [6, 6.07) is 8.51. The average Bonchev–Trinajstić information content (AvgIpc) is 3.35. The van der Waals surface area contributed by atoms with Crippen LogP contribution in [-0.2, 0) is 67.7 Å². The van der Waals surface area contributed by atoms with Crippen molar-refractivity contribution in [3.8, 4) is 5.69 Å². The first-order valence-electron chi connectivity index (χ1n) is 13.4. The van der Waals surface area contributed by atoms with Crippen LogP contribution in [0.2, 0.25) is 0 Å². The standard InChI is InChI=1S/C27H32N4O13S/c1-14(32)39-13-21(41-16(3)34)23(43-18(5)36)24-22(42-17(4)35)20(40-15(2)33)12-27(44-24,25(37)38-6)31-26(45)30(28-29-31)19-10-8-7-9-11-19/h7-11,20-24H,12-13H2,1-6H3/t20-,21+,22+,23-,24+,27-/m0/s1. The molecule has 244 valence electrons. The number of carbonyl (C=O) groups excluding carboxylic acids is 6. The molecule has 1 fully saturated rings. The molecule has 1 aliphatic heterocycles. The minimum absolute atomic E-state index is 0.182. The molecular weight excluding hydrogens is 620 g/mol. The number of nitrogens with zero attached hydrogens (tertiary/aromatic N) is 4. The van der Waals surface area contributed by atoms with E-state index in [4.69, 9.17) is 45.4 Å². The molecule has 1 aliphatic rings. The number of methoxy groups -OCH3 is 1. The average molecular weight is 653 g/mol. The first-order chi connectivity index (χ1) is 21.2. The summed E-state index contributed by atoms with van der Waals surface area (Å²) in [7, 11) is 1.04. The maximum Gasteiger partial charge on any atom is 0.361 e. The van der Waals surface area contributed by atoms with E-state index in [-0.39, 0.29) is 4.77 Å². The van der Waals surface area contributed by atoms with Crippen molar-refractivity contribution >= 4 is 48.0 Å². The Morgan fingerprint density at radius 2 is 1.53 bits per heavy atom. The fraction of sp³-hybridized carbons (Fsp3) is 0.519. The maximum atomic E-state index is 13.7. The van der Waals surface area contributed by atoms with Gasteiger partial charge in [0.15, 0.2) is 18.3 Å². The van der Waals surface area contributed by atoms with E-state index in [2.05, 4.69) is 10.4 Å². The largest absolute Gasteiger partial charge is 0.465 e. The number of ether oxygens (including phenoxy) is 7. The van der Waals surface area contributed by atoms with Gasteiger partial charge in [-0.3, -0.25) is 24.0 Å². The zero-order chi connectivity index (χ0) is 33.5. The highest BCUT2D eigenvalue weighted by Gasteiger charge is 2.61. The summed E-state index contributed by atoms with van der Waals surface area (Å²) >= 11 is 5.61. The van der Waals surface area contributed by atoms with Gasteiger partial charge in [0.05, 0.1) is 12.8 Å². The zero-order valence-corrected chi connectivity index (χ0v) is 26.0. The number of esters is 6. The predicted molar refractivity (Wildman–Crippen MR) is 149 cm³/mol. The Kier molecular flexibility index (Phi) is 11.5. The van der Waals surface area contributed by atoms with Gasteiger partial charge in [0, 0.05) is 41.0 Å². The Morgan fingerprint density at radius 1 is 0.911 bits per heavy atom. The third-order valence-corrected chi connectivity index (χ3v) is 6.65. The molecular formula is C27H32N4O13S. The fourth-order valence-electron chi connectivity index (χ4n) is 4.72. The number of aromatic nitrogens is 4. The molecule has 17 nitrogen and oxygen atoms in total. The first kappa shape index (κ1) is 34.8. The van der Waals surface area contributed by atoms with Gasteiger partial charge in [-0.25, -0.2) is 4.79 Å². The molecule has 18 heteroatoms. The minimum Gasteiger partial charge on any atom is -0.465 e. The third kappa shape index (κ3) is 8.27. The lowest BCUT2D eigenvalue weighted by atomic mass is 9.88. The van der Waals surface area contributed by atoms with E-state index >= 15 is 0 Å². The van der Waals surface area contributed by atoms with Gasteiger partial charge in [0.1, 0.15) is 18.8 Å². The molecule has 1 aromatic heterocycles. The van der Waals surface area contributed by atoms with E-state index in [0.717, 1.165) is 46.4 Å². The van der Waals surface area contributed by atoms with E-state index in [1.54, 1.807) is 30.3 Å². The normalized spacial score (nSPS) is 22.2. The second-order valence-electron chi connectivity index (χ2n) is 9.73. The van der Waals surface area contributed by atoms with Gasteiger partial charge in [-0.1, -0.05) is 18.2 Å². The quantitative estimate of drug-likeness (QED) is 0.186. The molecule has 1 saturated heterocycles. The number of tetrazole rings is 1. The lowest BCUT2D eigenvalue weighted by Gasteiger charge is -2.47. The second kappa shape index (κ2) is 14.8.